The second-order valence-corrected chi connectivity index (χ2v) is 4.00. The molecule has 1 aromatic heterocycles. The molecule has 0 atom stereocenters. The van der Waals surface area contributed by atoms with Gasteiger partial charge in [-0.1, -0.05) is 24.4 Å². The molecule has 0 aliphatic carbocycles. The van der Waals surface area contributed by atoms with E-state index in [9.17, 15) is 5.11 Å². The summed E-state index contributed by atoms with van der Waals surface area (Å²) in [4.78, 5) is 4.08. The van der Waals surface area contributed by atoms with Gasteiger partial charge in [-0.05, 0) is 12.1 Å². The fraction of sp³-hybridized carbons (Fsp3) is 0. The first-order chi connectivity index (χ1) is 6.70. The molecule has 1 aromatic carbocycles. The van der Waals surface area contributed by atoms with Crippen molar-refractivity contribution in [3.8, 4) is 5.75 Å². The first kappa shape index (κ1) is 9.43. The van der Waals surface area contributed by atoms with E-state index in [1.165, 1.54) is 0 Å². The van der Waals surface area contributed by atoms with Crippen LogP contribution in [0.3, 0.4) is 0 Å². The van der Waals surface area contributed by atoms with Crippen LogP contribution in [0.5, 0.6) is 5.75 Å². The fourth-order valence-corrected chi connectivity index (χ4v) is 1.65. The van der Waals surface area contributed by atoms with Gasteiger partial charge >= 0.3 is 0 Å². The molecule has 0 saturated heterocycles. The minimum absolute atomic E-state index is 0.100. The molecule has 0 aliphatic rings. The van der Waals surface area contributed by atoms with Crippen molar-refractivity contribution in [2.24, 2.45) is 0 Å². The van der Waals surface area contributed by atoms with Crippen LogP contribution in [-0.2, 0) is 0 Å². The number of fused-ring (bicyclic) bond motifs is 1. The topological polar surface area (TPSA) is 33.1 Å². The zero-order valence-electron chi connectivity index (χ0n) is 7.14. The quantitative estimate of drug-likeness (QED) is 0.573. The Balaban J connectivity index is 2.81. The summed E-state index contributed by atoms with van der Waals surface area (Å²) in [7, 11) is 0. The number of nitrogens with zero attached hydrogens (tertiary/aromatic N) is 1. The molecule has 0 radical (unpaired) electrons. The van der Waals surface area contributed by atoms with Gasteiger partial charge < -0.3 is 5.11 Å². The third-order valence-electron chi connectivity index (χ3n) is 1.98. The van der Waals surface area contributed by atoms with Gasteiger partial charge in [0.15, 0.2) is 5.75 Å². The highest BCUT2D eigenvalue weighted by atomic mass is 32.1. The summed E-state index contributed by atoms with van der Waals surface area (Å²) in [5.74, 6) is 0.100. The first-order valence-electron chi connectivity index (χ1n) is 4.00. The number of aromatic hydroxyl groups is 1. The molecule has 1 heterocycles. The van der Waals surface area contributed by atoms with Gasteiger partial charge in [-0.25, -0.2) is 0 Å². The molecule has 0 fully saturated rings. The maximum Gasteiger partial charge on any atom is 0.150 e. The van der Waals surface area contributed by atoms with Gasteiger partial charge in [-0.2, -0.15) is 0 Å². The number of thiocarbonyl (C=S) groups is 1. The molecule has 0 aliphatic heterocycles. The van der Waals surface area contributed by atoms with Gasteiger partial charge in [0.2, 0.25) is 0 Å². The standard InChI is InChI=1S/C10H7NOS2/c12-9-7(10(13)14)4-3-6-2-1-5-11-8(6)9/h1-5,12H,(H,13,14). The zero-order valence-corrected chi connectivity index (χ0v) is 8.85. The molecule has 0 saturated carbocycles. The lowest BCUT2D eigenvalue weighted by molar-refractivity contribution is 0.479. The van der Waals surface area contributed by atoms with Crippen LogP contribution in [0.25, 0.3) is 10.9 Å². The lowest BCUT2D eigenvalue weighted by Gasteiger charge is -2.04. The summed E-state index contributed by atoms with van der Waals surface area (Å²) >= 11 is 8.92. The SMILES string of the molecule is Oc1c(C(=S)S)ccc2cccnc12. The van der Waals surface area contributed by atoms with E-state index in [4.69, 9.17) is 12.2 Å². The molecule has 0 bridgehead atoms. The van der Waals surface area contributed by atoms with Crippen molar-refractivity contribution >= 4 is 39.9 Å². The largest absolute Gasteiger partial charge is 0.505 e. The van der Waals surface area contributed by atoms with E-state index in [1.54, 1.807) is 12.3 Å². The molecular weight excluding hydrogens is 214 g/mol. The Hall–Kier alpha value is -1.13. The number of rotatable bonds is 1. The summed E-state index contributed by atoms with van der Waals surface area (Å²) in [5, 5.41) is 10.7. The van der Waals surface area contributed by atoms with Gasteiger partial charge in [0.25, 0.3) is 0 Å². The maximum absolute atomic E-state index is 9.82. The highest BCUT2D eigenvalue weighted by molar-refractivity contribution is 8.11. The number of phenolic OH excluding ortho intramolecular Hbond substituents is 1. The molecule has 70 valence electrons. The molecule has 2 rings (SSSR count). The van der Waals surface area contributed by atoms with Crippen LogP contribution in [0.1, 0.15) is 5.56 Å². The smallest absolute Gasteiger partial charge is 0.150 e. The van der Waals surface area contributed by atoms with Crippen molar-refractivity contribution in [3.05, 3.63) is 36.0 Å². The number of thiol groups is 1. The third-order valence-corrected chi connectivity index (χ3v) is 2.44. The summed E-state index contributed by atoms with van der Waals surface area (Å²) < 4.78 is 0.370. The molecule has 0 unspecified atom stereocenters. The van der Waals surface area contributed by atoms with Crippen LogP contribution in [0.2, 0.25) is 0 Å². The summed E-state index contributed by atoms with van der Waals surface area (Å²) in [6.07, 6.45) is 1.63. The highest BCUT2D eigenvalue weighted by Crippen LogP contribution is 2.27. The van der Waals surface area contributed by atoms with E-state index >= 15 is 0 Å². The van der Waals surface area contributed by atoms with Crippen molar-refractivity contribution < 1.29 is 5.11 Å². The van der Waals surface area contributed by atoms with E-state index in [0.717, 1.165) is 5.39 Å². The average molecular weight is 221 g/mol. The molecule has 4 heteroatoms. The summed E-state index contributed by atoms with van der Waals surface area (Å²) in [6, 6.07) is 7.31. The van der Waals surface area contributed by atoms with Crippen LogP contribution >= 0.6 is 24.8 Å². The van der Waals surface area contributed by atoms with Crippen molar-refractivity contribution in [1.82, 2.24) is 4.98 Å². The van der Waals surface area contributed by atoms with Gasteiger partial charge in [0.1, 0.15) is 5.52 Å². The molecule has 2 aromatic rings. The summed E-state index contributed by atoms with van der Waals surface area (Å²) in [5.41, 5.74) is 1.11. The predicted octanol–water partition coefficient (Wildman–Crippen LogP) is 2.55. The molecular formula is C10H7NOS2. The van der Waals surface area contributed by atoms with E-state index in [-0.39, 0.29) is 5.75 Å². The van der Waals surface area contributed by atoms with Gasteiger partial charge in [-0.15, -0.1) is 12.6 Å². The highest BCUT2D eigenvalue weighted by Gasteiger charge is 2.08. The number of pyridine rings is 1. The van der Waals surface area contributed by atoms with Crippen LogP contribution in [0.4, 0.5) is 0 Å². The van der Waals surface area contributed by atoms with Crippen molar-refractivity contribution in [2.45, 2.75) is 0 Å². The first-order valence-corrected chi connectivity index (χ1v) is 4.85. The molecule has 2 nitrogen and oxygen atoms in total. The van der Waals surface area contributed by atoms with Crippen molar-refractivity contribution in [1.29, 1.82) is 0 Å². The minimum Gasteiger partial charge on any atom is -0.505 e. The lowest BCUT2D eigenvalue weighted by atomic mass is 10.1. The molecule has 1 N–H and O–H groups in total. The Morgan fingerprint density at radius 1 is 1.36 bits per heavy atom. The fourth-order valence-electron chi connectivity index (χ4n) is 1.30. The van der Waals surface area contributed by atoms with Gasteiger partial charge in [0, 0.05) is 17.1 Å². The van der Waals surface area contributed by atoms with Crippen molar-refractivity contribution in [2.75, 3.05) is 0 Å². The summed E-state index contributed by atoms with van der Waals surface area (Å²) in [6.45, 7) is 0. The molecule has 14 heavy (non-hydrogen) atoms. The minimum atomic E-state index is 0.100. The van der Waals surface area contributed by atoms with Crippen LogP contribution < -0.4 is 0 Å². The van der Waals surface area contributed by atoms with Gasteiger partial charge in [-0.3, -0.25) is 4.98 Å². The van der Waals surface area contributed by atoms with Crippen LogP contribution in [0, 0.1) is 0 Å². The zero-order chi connectivity index (χ0) is 10.1. The van der Waals surface area contributed by atoms with E-state index in [1.807, 2.05) is 18.2 Å². The number of aromatic nitrogens is 1. The Labute approximate surface area is 92.0 Å². The lowest BCUT2D eigenvalue weighted by Crippen LogP contribution is -1.90. The average Bonchev–Trinajstić information content (AvgIpc) is 2.18. The van der Waals surface area contributed by atoms with Crippen LogP contribution in [0.15, 0.2) is 30.5 Å². The third kappa shape index (κ3) is 1.47. The van der Waals surface area contributed by atoms with E-state index < -0.39 is 0 Å². The van der Waals surface area contributed by atoms with Crippen LogP contribution in [-0.4, -0.2) is 14.3 Å². The number of benzene rings is 1. The second-order valence-electron chi connectivity index (χ2n) is 2.84. The van der Waals surface area contributed by atoms with Crippen molar-refractivity contribution in [3.63, 3.8) is 0 Å². The Kier molecular flexibility index (Phi) is 2.39. The van der Waals surface area contributed by atoms with E-state index in [2.05, 4.69) is 17.6 Å². The monoisotopic (exact) mass is 221 g/mol. The number of hydrogen-bond donors (Lipinski definition) is 2. The number of phenols is 1. The van der Waals surface area contributed by atoms with E-state index in [0.29, 0.717) is 15.3 Å². The Morgan fingerprint density at radius 3 is 2.86 bits per heavy atom. The molecule has 0 amide bonds. The Morgan fingerprint density at radius 2 is 2.14 bits per heavy atom. The second kappa shape index (κ2) is 3.55. The number of hydrogen-bond acceptors (Lipinski definition) is 3. The Bertz CT molecular complexity index is 510. The molecule has 0 spiro atoms. The predicted molar refractivity (Wildman–Crippen MR) is 64.1 cm³/mol. The van der Waals surface area contributed by atoms with Gasteiger partial charge in [0.05, 0.1) is 4.20 Å². The maximum atomic E-state index is 9.82. The normalized spacial score (nSPS) is 10.4.